The van der Waals surface area contributed by atoms with Crippen molar-refractivity contribution in [3.05, 3.63) is 83.2 Å². The van der Waals surface area contributed by atoms with Gasteiger partial charge in [-0.2, -0.15) is 5.10 Å². The molecule has 8 heteroatoms. The van der Waals surface area contributed by atoms with Crippen LogP contribution in [-0.2, 0) is 11.2 Å². The number of nitrogens with one attached hydrogen (secondary N) is 2. The van der Waals surface area contributed by atoms with Gasteiger partial charge in [0.05, 0.1) is 29.6 Å². The topological polar surface area (TPSA) is 76.0 Å². The van der Waals surface area contributed by atoms with E-state index in [9.17, 15) is 18.4 Å². The maximum atomic E-state index is 13.2. The lowest BCUT2D eigenvalue weighted by Gasteiger charge is -2.13. The smallest absolute Gasteiger partial charge is 0.273 e. The summed E-state index contributed by atoms with van der Waals surface area (Å²) in [5.41, 5.74) is 6.88. The summed E-state index contributed by atoms with van der Waals surface area (Å²) in [7, 11) is 0. The molecule has 3 rings (SSSR count). The lowest BCUT2D eigenvalue weighted by molar-refractivity contribution is -0.121. The van der Waals surface area contributed by atoms with Gasteiger partial charge >= 0.3 is 0 Å². The number of amides is 2. The van der Waals surface area contributed by atoms with Crippen LogP contribution in [-0.4, -0.2) is 21.6 Å². The fourth-order valence-corrected chi connectivity index (χ4v) is 2.90. The molecule has 0 saturated carbocycles. The van der Waals surface area contributed by atoms with Gasteiger partial charge in [0, 0.05) is 0 Å². The van der Waals surface area contributed by atoms with Gasteiger partial charge in [-0.15, -0.1) is 0 Å². The van der Waals surface area contributed by atoms with Gasteiger partial charge in [0.1, 0.15) is 11.6 Å². The van der Waals surface area contributed by atoms with Gasteiger partial charge in [0.2, 0.25) is 5.91 Å². The molecule has 2 aromatic carbocycles. The second kappa shape index (κ2) is 8.64. The number of halogens is 2. The van der Waals surface area contributed by atoms with Crippen LogP contribution in [0.15, 0.2) is 54.7 Å². The molecule has 6 nitrogen and oxygen atoms in total. The Balaban J connectivity index is 1.71. The largest absolute Gasteiger partial charge is 0.273 e. The Labute approximate surface area is 166 Å². The lowest BCUT2D eigenvalue weighted by atomic mass is 10.1. The molecular formula is C21H20F2N4O2. The fourth-order valence-electron chi connectivity index (χ4n) is 2.90. The molecule has 1 aromatic heterocycles. The number of aromatic nitrogens is 2. The summed E-state index contributed by atoms with van der Waals surface area (Å²) in [6.45, 7) is 3.81. The summed E-state index contributed by atoms with van der Waals surface area (Å²) in [6, 6.07) is 11.3. The number of hydrogen-bond donors (Lipinski definition) is 2. The summed E-state index contributed by atoms with van der Waals surface area (Å²) in [4.78, 5) is 24.6. The summed E-state index contributed by atoms with van der Waals surface area (Å²) < 4.78 is 27.7. The molecular weight excluding hydrogens is 378 g/mol. The van der Waals surface area contributed by atoms with E-state index in [0.29, 0.717) is 22.5 Å². The van der Waals surface area contributed by atoms with Crippen molar-refractivity contribution >= 4 is 11.8 Å². The first-order valence-corrected chi connectivity index (χ1v) is 9.02. The third kappa shape index (κ3) is 4.84. The van der Waals surface area contributed by atoms with Crippen molar-refractivity contribution < 1.29 is 18.4 Å². The number of benzene rings is 2. The predicted octanol–water partition coefficient (Wildman–Crippen LogP) is 3.28. The Morgan fingerprint density at radius 3 is 2.14 bits per heavy atom. The third-order valence-corrected chi connectivity index (χ3v) is 4.26. The number of carbonyl (C=O) groups excluding carboxylic acids is 2. The number of hydrazine groups is 1. The molecule has 0 fully saturated rings. The van der Waals surface area contributed by atoms with Gasteiger partial charge in [-0.25, -0.2) is 13.5 Å². The van der Waals surface area contributed by atoms with Gasteiger partial charge in [0.15, 0.2) is 0 Å². The van der Waals surface area contributed by atoms with Crippen molar-refractivity contribution in [1.29, 1.82) is 0 Å². The van der Waals surface area contributed by atoms with Crippen LogP contribution in [0.5, 0.6) is 0 Å². The first kappa shape index (κ1) is 20.2. The molecule has 0 saturated heterocycles. The van der Waals surface area contributed by atoms with Crippen LogP contribution in [0.3, 0.4) is 0 Å². The number of hydrogen-bond acceptors (Lipinski definition) is 3. The molecule has 0 spiro atoms. The minimum Gasteiger partial charge on any atom is -0.273 e. The van der Waals surface area contributed by atoms with Crippen LogP contribution in [0.4, 0.5) is 8.78 Å². The standard InChI is InChI=1S/C21H20F2N4O2/c1-13(2)20-18(12-24-27(20)17-9-7-16(23)8-10-17)21(29)26-25-19(28)11-14-3-5-15(22)6-4-14/h3-10,12-13H,11H2,1-2H3,(H,25,28)(H,26,29). The number of rotatable bonds is 5. The Hall–Kier alpha value is -3.55. The molecule has 0 aliphatic heterocycles. The van der Waals surface area contributed by atoms with Gasteiger partial charge in [0.25, 0.3) is 5.91 Å². The van der Waals surface area contributed by atoms with E-state index in [4.69, 9.17) is 0 Å². The van der Waals surface area contributed by atoms with E-state index in [1.165, 1.54) is 42.6 Å². The van der Waals surface area contributed by atoms with Crippen molar-refractivity contribution in [3.8, 4) is 5.69 Å². The highest BCUT2D eigenvalue weighted by Crippen LogP contribution is 2.23. The van der Waals surface area contributed by atoms with Crippen molar-refractivity contribution in [1.82, 2.24) is 20.6 Å². The first-order valence-electron chi connectivity index (χ1n) is 9.02. The van der Waals surface area contributed by atoms with Crippen molar-refractivity contribution in [2.24, 2.45) is 0 Å². The van der Waals surface area contributed by atoms with E-state index in [2.05, 4.69) is 16.0 Å². The second-order valence-electron chi connectivity index (χ2n) is 6.79. The normalized spacial score (nSPS) is 10.8. The van der Waals surface area contributed by atoms with Crippen LogP contribution in [0.2, 0.25) is 0 Å². The molecule has 0 bridgehead atoms. The van der Waals surface area contributed by atoms with E-state index in [-0.39, 0.29) is 24.0 Å². The van der Waals surface area contributed by atoms with Crippen LogP contribution in [0.25, 0.3) is 5.69 Å². The molecule has 0 unspecified atom stereocenters. The summed E-state index contributed by atoms with van der Waals surface area (Å²) in [6.07, 6.45) is 1.40. The quantitative estimate of drug-likeness (QED) is 0.648. The van der Waals surface area contributed by atoms with Crippen LogP contribution in [0, 0.1) is 11.6 Å². The molecule has 0 atom stereocenters. The van der Waals surface area contributed by atoms with Gasteiger partial charge in [-0.1, -0.05) is 26.0 Å². The average molecular weight is 398 g/mol. The molecule has 29 heavy (non-hydrogen) atoms. The average Bonchev–Trinajstić information content (AvgIpc) is 3.14. The summed E-state index contributed by atoms with van der Waals surface area (Å²) in [5.74, 6) is -1.77. The van der Waals surface area contributed by atoms with E-state index >= 15 is 0 Å². The highest BCUT2D eigenvalue weighted by Gasteiger charge is 2.21. The maximum Gasteiger partial charge on any atom is 0.273 e. The Bertz CT molecular complexity index is 1010. The van der Waals surface area contributed by atoms with Gasteiger partial charge < -0.3 is 0 Å². The highest BCUT2D eigenvalue weighted by molar-refractivity contribution is 5.96. The molecule has 3 aromatic rings. The van der Waals surface area contributed by atoms with Gasteiger partial charge in [-0.3, -0.25) is 20.4 Å². The Morgan fingerprint density at radius 1 is 0.966 bits per heavy atom. The van der Waals surface area contributed by atoms with Gasteiger partial charge in [-0.05, 0) is 47.9 Å². The summed E-state index contributed by atoms with van der Waals surface area (Å²) in [5, 5.41) is 4.25. The fraction of sp³-hybridized carbons (Fsp3) is 0.190. The van der Waals surface area contributed by atoms with Crippen molar-refractivity contribution in [3.63, 3.8) is 0 Å². The monoisotopic (exact) mass is 398 g/mol. The first-order chi connectivity index (χ1) is 13.8. The molecule has 2 N–H and O–H groups in total. The van der Waals surface area contributed by atoms with Crippen LogP contribution in [0.1, 0.15) is 41.4 Å². The molecule has 150 valence electrons. The zero-order valence-electron chi connectivity index (χ0n) is 15.9. The minimum atomic E-state index is -0.519. The summed E-state index contributed by atoms with van der Waals surface area (Å²) >= 11 is 0. The Morgan fingerprint density at radius 2 is 1.55 bits per heavy atom. The third-order valence-electron chi connectivity index (χ3n) is 4.26. The van der Waals surface area contributed by atoms with E-state index in [0.717, 1.165) is 0 Å². The number of carbonyl (C=O) groups is 2. The van der Waals surface area contributed by atoms with E-state index < -0.39 is 11.8 Å². The molecule has 2 amide bonds. The van der Waals surface area contributed by atoms with E-state index in [1.807, 2.05) is 13.8 Å². The second-order valence-corrected chi connectivity index (χ2v) is 6.79. The lowest BCUT2D eigenvalue weighted by Crippen LogP contribution is -2.42. The van der Waals surface area contributed by atoms with Crippen molar-refractivity contribution in [2.75, 3.05) is 0 Å². The van der Waals surface area contributed by atoms with Crippen LogP contribution < -0.4 is 10.9 Å². The molecule has 0 radical (unpaired) electrons. The zero-order valence-corrected chi connectivity index (χ0v) is 15.9. The minimum absolute atomic E-state index is 0.00750. The SMILES string of the molecule is CC(C)c1c(C(=O)NNC(=O)Cc2ccc(F)cc2)cnn1-c1ccc(F)cc1. The predicted molar refractivity (Wildman–Crippen MR) is 103 cm³/mol. The zero-order chi connectivity index (χ0) is 21.0. The number of nitrogens with zero attached hydrogens (tertiary/aromatic N) is 2. The molecule has 0 aliphatic rings. The maximum absolute atomic E-state index is 13.2. The molecule has 1 heterocycles. The van der Waals surface area contributed by atoms with E-state index in [1.54, 1.807) is 16.8 Å². The highest BCUT2D eigenvalue weighted by atomic mass is 19.1. The molecule has 0 aliphatic carbocycles. The van der Waals surface area contributed by atoms with Crippen LogP contribution >= 0.6 is 0 Å². The Kier molecular flexibility index (Phi) is 6.01. The van der Waals surface area contributed by atoms with Crippen molar-refractivity contribution in [2.45, 2.75) is 26.2 Å².